The highest BCUT2D eigenvalue weighted by molar-refractivity contribution is 5.75. The molecule has 38 heavy (non-hydrogen) atoms. The second-order valence-electron chi connectivity index (χ2n) is 11.6. The molecule has 2 aromatic rings. The number of aryl methyl sites for hydroxylation is 1. The molecule has 1 amide bonds. The molecule has 5 heteroatoms. The maximum Gasteiger partial charge on any atom is 0.220 e. The molecule has 2 N–H and O–H groups in total. The van der Waals surface area contributed by atoms with Gasteiger partial charge in [0.1, 0.15) is 22.8 Å². The van der Waals surface area contributed by atoms with E-state index in [0.29, 0.717) is 37.8 Å². The van der Waals surface area contributed by atoms with Crippen molar-refractivity contribution in [2.24, 2.45) is 5.92 Å². The molecule has 0 spiro atoms. The van der Waals surface area contributed by atoms with Crippen LogP contribution in [0.3, 0.4) is 0 Å². The summed E-state index contributed by atoms with van der Waals surface area (Å²) in [5.74, 6) is 2.91. The number of amides is 1. The molecule has 2 aliphatic rings. The van der Waals surface area contributed by atoms with Crippen molar-refractivity contribution in [1.82, 2.24) is 5.32 Å². The van der Waals surface area contributed by atoms with Gasteiger partial charge in [-0.25, -0.2) is 0 Å². The molecule has 1 heterocycles. The maximum atomic E-state index is 12.4. The Bertz CT molecular complexity index is 1120. The van der Waals surface area contributed by atoms with Gasteiger partial charge < -0.3 is 19.9 Å². The Hall–Kier alpha value is -2.95. The number of phenolic OH excluding ortho intramolecular Hbond substituents is 1. The molecule has 206 valence electrons. The van der Waals surface area contributed by atoms with Crippen LogP contribution in [-0.2, 0) is 17.6 Å². The Morgan fingerprint density at radius 1 is 1.11 bits per heavy atom. The van der Waals surface area contributed by atoms with Gasteiger partial charge in [-0.05, 0) is 94.7 Å². The molecule has 5 nitrogen and oxygen atoms in total. The number of aromatic hydroxyl groups is 1. The van der Waals surface area contributed by atoms with Gasteiger partial charge in [0.25, 0.3) is 0 Å². The highest BCUT2D eigenvalue weighted by atomic mass is 16.5. The van der Waals surface area contributed by atoms with Gasteiger partial charge in [0, 0.05) is 30.4 Å². The normalized spacial score (nSPS) is 19.5. The van der Waals surface area contributed by atoms with Gasteiger partial charge in [0.05, 0.1) is 6.61 Å². The molecule has 1 aliphatic carbocycles. The van der Waals surface area contributed by atoms with Crippen molar-refractivity contribution in [3.05, 3.63) is 64.7 Å². The second-order valence-corrected chi connectivity index (χ2v) is 11.6. The van der Waals surface area contributed by atoms with Gasteiger partial charge in [-0.15, -0.1) is 0 Å². The van der Waals surface area contributed by atoms with Crippen LogP contribution in [0, 0.1) is 5.92 Å². The van der Waals surface area contributed by atoms with Crippen LogP contribution in [0.1, 0.15) is 95.2 Å². The lowest BCUT2D eigenvalue weighted by molar-refractivity contribution is -0.121. The van der Waals surface area contributed by atoms with E-state index in [1.54, 1.807) is 12.1 Å². The minimum Gasteiger partial charge on any atom is -0.508 e. The first kappa shape index (κ1) is 28.1. The SMILES string of the molecule is CCCCCc1cc(OCCCC(=O)NCCc2ccc(O)cc2)c2c(c1)OC(C)(C)C1CCC(C)=CC21. The monoisotopic (exact) mass is 519 g/mol. The molecular formula is C33H45NO4. The third-order valence-corrected chi connectivity index (χ3v) is 8.06. The summed E-state index contributed by atoms with van der Waals surface area (Å²) in [6.45, 7) is 10.0. The summed E-state index contributed by atoms with van der Waals surface area (Å²) in [5.41, 5.74) is 4.77. The van der Waals surface area contributed by atoms with Gasteiger partial charge >= 0.3 is 0 Å². The third kappa shape index (κ3) is 7.12. The standard InChI is InChI=1S/C33H45NO4/c1-5-6-7-9-25-21-29(32-27-20-23(2)11-16-28(27)33(3,4)38-30(32)22-25)37-19-8-10-31(36)34-18-17-24-12-14-26(35)15-13-24/h12-15,20-22,27-28,35H,5-11,16-19H2,1-4H3,(H,34,36). The number of rotatable bonds is 12. The van der Waals surface area contributed by atoms with E-state index in [1.807, 2.05) is 12.1 Å². The van der Waals surface area contributed by atoms with Crippen LogP contribution in [0.25, 0.3) is 0 Å². The summed E-state index contributed by atoms with van der Waals surface area (Å²) < 4.78 is 13.1. The number of nitrogens with one attached hydrogen (secondary N) is 1. The lowest BCUT2D eigenvalue weighted by Gasteiger charge is -2.46. The Morgan fingerprint density at radius 2 is 1.89 bits per heavy atom. The topological polar surface area (TPSA) is 67.8 Å². The van der Waals surface area contributed by atoms with Crippen molar-refractivity contribution in [3.8, 4) is 17.2 Å². The Morgan fingerprint density at radius 3 is 2.66 bits per heavy atom. The van der Waals surface area contributed by atoms with E-state index in [-0.39, 0.29) is 17.3 Å². The first-order chi connectivity index (χ1) is 18.3. The molecule has 2 aromatic carbocycles. The van der Waals surface area contributed by atoms with Crippen LogP contribution in [-0.4, -0.2) is 29.8 Å². The number of allylic oxidation sites excluding steroid dienone is 2. The first-order valence-corrected chi connectivity index (χ1v) is 14.5. The number of unbranched alkanes of at least 4 members (excludes halogenated alkanes) is 2. The molecule has 1 aliphatic heterocycles. The molecule has 0 bridgehead atoms. The average Bonchev–Trinajstić information content (AvgIpc) is 2.87. The van der Waals surface area contributed by atoms with E-state index in [1.165, 1.54) is 29.5 Å². The fourth-order valence-electron chi connectivity index (χ4n) is 5.92. The predicted octanol–water partition coefficient (Wildman–Crippen LogP) is 7.25. The van der Waals surface area contributed by atoms with Gasteiger partial charge in [0.2, 0.25) is 5.91 Å². The number of ether oxygens (including phenoxy) is 2. The fourth-order valence-corrected chi connectivity index (χ4v) is 5.92. The minimum absolute atomic E-state index is 0.0405. The van der Waals surface area contributed by atoms with E-state index < -0.39 is 0 Å². The molecule has 0 radical (unpaired) electrons. The highest BCUT2D eigenvalue weighted by Gasteiger charge is 2.45. The van der Waals surface area contributed by atoms with Crippen molar-refractivity contribution in [1.29, 1.82) is 0 Å². The van der Waals surface area contributed by atoms with E-state index in [2.05, 4.69) is 51.2 Å². The number of hydrogen-bond donors (Lipinski definition) is 2. The van der Waals surface area contributed by atoms with Crippen LogP contribution < -0.4 is 14.8 Å². The summed E-state index contributed by atoms with van der Waals surface area (Å²) in [6.07, 6.45) is 11.1. The molecule has 0 saturated heterocycles. The molecule has 0 fully saturated rings. The van der Waals surface area contributed by atoms with Gasteiger partial charge in [-0.2, -0.15) is 0 Å². The molecule has 0 saturated carbocycles. The van der Waals surface area contributed by atoms with Crippen LogP contribution in [0.2, 0.25) is 0 Å². The third-order valence-electron chi connectivity index (χ3n) is 8.06. The predicted molar refractivity (Wildman–Crippen MR) is 153 cm³/mol. The lowest BCUT2D eigenvalue weighted by Crippen LogP contribution is -2.45. The molecular weight excluding hydrogens is 474 g/mol. The number of benzene rings is 2. The largest absolute Gasteiger partial charge is 0.508 e. The number of carbonyl (C=O) groups is 1. The number of phenols is 1. The van der Waals surface area contributed by atoms with Gasteiger partial charge in [-0.3, -0.25) is 4.79 Å². The molecule has 2 unspecified atom stereocenters. The highest BCUT2D eigenvalue weighted by Crippen LogP contribution is 2.53. The van der Waals surface area contributed by atoms with E-state index in [9.17, 15) is 9.90 Å². The van der Waals surface area contributed by atoms with Gasteiger partial charge in [0.15, 0.2) is 0 Å². The Labute approximate surface area is 228 Å². The first-order valence-electron chi connectivity index (χ1n) is 14.5. The van der Waals surface area contributed by atoms with Crippen LogP contribution in [0.5, 0.6) is 17.2 Å². The Kier molecular flexibility index (Phi) is 9.40. The van der Waals surface area contributed by atoms with Crippen LogP contribution >= 0.6 is 0 Å². The van der Waals surface area contributed by atoms with Crippen molar-refractivity contribution in [2.75, 3.05) is 13.2 Å². The van der Waals surface area contributed by atoms with Crippen LogP contribution in [0.4, 0.5) is 0 Å². The zero-order chi connectivity index (χ0) is 27.1. The maximum absolute atomic E-state index is 12.4. The molecule has 0 aromatic heterocycles. The number of hydrogen-bond acceptors (Lipinski definition) is 4. The quantitative estimate of drug-likeness (QED) is 0.229. The summed E-state index contributed by atoms with van der Waals surface area (Å²) in [7, 11) is 0. The molecule has 4 rings (SSSR count). The van der Waals surface area contributed by atoms with E-state index in [0.717, 1.165) is 49.2 Å². The van der Waals surface area contributed by atoms with Crippen molar-refractivity contribution in [2.45, 2.75) is 97.0 Å². The zero-order valence-corrected chi connectivity index (χ0v) is 23.6. The summed E-state index contributed by atoms with van der Waals surface area (Å²) in [6, 6.07) is 11.6. The lowest BCUT2D eigenvalue weighted by atomic mass is 9.68. The van der Waals surface area contributed by atoms with E-state index in [4.69, 9.17) is 9.47 Å². The number of fused-ring (bicyclic) bond motifs is 3. The summed E-state index contributed by atoms with van der Waals surface area (Å²) >= 11 is 0. The Balaban J connectivity index is 1.39. The fraction of sp³-hybridized carbons (Fsp3) is 0.545. The summed E-state index contributed by atoms with van der Waals surface area (Å²) in [4.78, 5) is 12.4. The van der Waals surface area contributed by atoms with Gasteiger partial charge in [-0.1, -0.05) is 43.5 Å². The smallest absolute Gasteiger partial charge is 0.220 e. The minimum atomic E-state index is -0.216. The zero-order valence-electron chi connectivity index (χ0n) is 23.6. The van der Waals surface area contributed by atoms with Crippen molar-refractivity contribution >= 4 is 5.91 Å². The average molecular weight is 520 g/mol. The summed E-state index contributed by atoms with van der Waals surface area (Å²) in [5, 5.41) is 12.4. The number of carbonyl (C=O) groups excluding carboxylic acids is 1. The molecule has 2 atom stereocenters. The van der Waals surface area contributed by atoms with E-state index >= 15 is 0 Å². The van der Waals surface area contributed by atoms with Crippen LogP contribution in [0.15, 0.2) is 48.0 Å². The van der Waals surface area contributed by atoms with Crippen molar-refractivity contribution in [3.63, 3.8) is 0 Å². The van der Waals surface area contributed by atoms with Crippen molar-refractivity contribution < 1.29 is 19.4 Å². The second kappa shape index (κ2) is 12.7.